The lowest BCUT2D eigenvalue weighted by Crippen LogP contribution is -2.05. The van der Waals surface area contributed by atoms with Gasteiger partial charge in [-0.1, -0.05) is 11.6 Å². The van der Waals surface area contributed by atoms with E-state index in [1.165, 1.54) is 0 Å². The van der Waals surface area contributed by atoms with E-state index in [2.05, 4.69) is 15.3 Å². The van der Waals surface area contributed by atoms with Crippen molar-refractivity contribution in [1.29, 1.82) is 0 Å². The Hall–Kier alpha value is -0.870. The molecule has 0 unspecified atom stereocenters. The summed E-state index contributed by atoms with van der Waals surface area (Å²) >= 11 is 5.80. The second-order valence-electron chi connectivity index (χ2n) is 3.25. The second-order valence-corrected chi connectivity index (χ2v) is 3.64. The van der Waals surface area contributed by atoms with Gasteiger partial charge in [0.25, 0.3) is 0 Å². The normalized spacial score (nSPS) is 10.3. The molecular weight excluding hydrogens is 214 g/mol. The Balaban J connectivity index is 2.31. The number of ether oxygens (including phenoxy) is 1. The number of aryl methyl sites for hydroxylation is 1. The molecule has 84 valence electrons. The summed E-state index contributed by atoms with van der Waals surface area (Å²) in [5.74, 6) is 1.46. The molecule has 0 fully saturated rings. The summed E-state index contributed by atoms with van der Waals surface area (Å²) in [4.78, 5) is 8.20. The highest BCUT2D eigenvalue weighted by Crippen LogP contribution is 2.10. The Morgan fingerprint density at radius 3 is 2.87 bits per heavy atom. The van der Waals surface area contributed by atoms with Crippen LogP contribution in [0.4, 0.5) is 5.82 Å². The fourth-order valence-electron chi connectivity index (χ4n) is 1.21. The SMILES string of the molecule is COCCCCNc1cc(Cl)nc(C)n1. The Kier molecular flexibility index (Phi) is 5.36. The predicted molar refractivity (Wildman–Crippen MR) is 61.4 cm³/mol. The van der Waals surface area contributed by atoms with Crippen LogP contribution < -0.4 is 5.32 Å². The minimum absolute atomic E-state index is 0.474. The highest BCUT2D eigenvalue weighted by atomic mass is 35.5. The van der Waals surface area contributed by atoms with Crippen LogP contribution in [0.3, 0.4) is 0 Å². The van der Waals surface area contributed by atoms with E-state index in [1.54, 1.807) is 13.2 Å². The summed E-state index contributed by atoms with van der Waals surface area (Å²) in [6.07, 6.45) is 2.09. The van der Waals surface area contributed by atoms with Gasteiger partial charge in [-0.25, -0.2) is 9.97 Å². The summed E-state index contributed by atoms with van der Waals surface area (Å²) in [5.41, 5.74) is 0. The Morgan fingerprint density at radius 2 is 2.20 bits per heavy atom. The number of nitrogens with zero attached hydrogens (tertiary/aromatic N) is 2. The third-order valence-electron chi connectivity index (χ3n) is 1.89. The van der Waals surface area contributed by atoms with Crippen LogP contribution in [0.1, 0.15) is 18.7 Å². The molecule has 0 saturated heterocycles. The van der Waals surface area contributed by atoms with Crippen LogP contribution in [0, 0.1) is 6.92 Å². The lowest BCUT2D eigenvalue weighted by atomic mass is 10.3. The number of anilines is 1. The van der Waals surface area contributed by atoms with Crippen LogP contribution in [0.25, 0.3) is 0 Å². The molecule has 0 radical (unpaired) electrons. The van der Waals surface area contributed by atoms with E-state index in [0.717, 1.165) is 31.8 Å². The smallest absolute Gasteiger partial charge is 0.134 e. The van der Waals surface area contributed by atoms with Gasteiger partial charge in [0.1, 0.15) is 16.8 Å². The van der Waals surface area contributed by atoms with E-state index >= 15 is 0 Å². The molecule has 0 spiro atoms. The van der Waals surface area contributed by atoms with Gasteiger partial charge in [0.2, 0.25) is 0 Å². The molecule has 1 N–H and O–H groups in total. The quantitative estimate of drug-likeness (QED) is 0.601. The van der Waals surface area contributed by atoms with Crippen molar-refractivity contribution in [1.82, 2.24) is 9.97 Å². The average Bonchev–Trinajstić information content (AvgIpc) is 2.16. The van der Waals surface area contributed by atoms with Crippen LogP contribution >= 0.6 is 11.6 Å². The maximum Gasteiger partial charge on any atom is 0.134 e. The van der Waals surface area contributed by atoms with E-state index in [0.29, 0.717) is 11.0 Å². The molecule has 4 nitrogen and oxygen atoms in total. The molecule has 0 aliphatic rings. The third-order valence-corrected chi connectivity index (χ3v) is 2.08. The minimum Gasteiger partial charge on any atom is -0.385 e. The number of rotatable bonds is 6. The first-order valence-electron chi connectivity index (χ1n) is 4.96. The first kappa shape index (κ1) is 12.2. The topological polar surface area (TPSA) is 47.0 Å². The van der Waals surface area contributed by atoms with Crippen molar-refractivity contribution in [3.05, 3.63) is 17.0 Å². The molecule has 0 aromatic carbocycles. The molecule has 1 aromatic heterocycles. The minimum atomic E-state index is 0.474. The maximum atomic E-state index is 5.80. The molecule has 0 amide bonds. The van der Waals surface area contributed by atoms with Crippen LogP contribution in [0.2, 0.25) is 5.15 Å². The van der Waals surface area contributed by atoms with Crippen molar-refractivity contribution < 1.29 is 4.74 Å². The average molecular weight is 230 g/mol. The first-order chi connectivity index (χ1) is 7.22. The Bertz CT molecular complexity index is 286. The summed E-state index contributed by atoms with van der Waals surface area (Å²) < 4.78 is 4.96. The van der Waals surface area contributed by atoms with Gasteiger partial charge in [-0.3, -0.25) is 0 Å². The van der Waals surface area contributed by atoms with E-state index in [9.17, 15) is 0 Å². The van der Waals surface area contributed by atoms with Crippen LogP contribution in [-0.2, 0) is 4.74 Å². The Labute approximate surface area is 95.0 Å². The molecular formula is C10H16ClN3O. The third kappa shape index (κ3) is 4.95. The molecule has 1 rings (SSSR count). The standard InChI is InChI=1S/C10H16ClN3O/c1-8-13-9(11)7-10(14-8)12-5-3-4-6-15-2/h7H,3-6H2,1-2H3,(H,12,13,14). The van der Waals surface area contributed by atoms with Crippen LogP contribution in [-0.4, -0.2) is 30.2 Å². The number of halogens is 1. The van der Waals surface area contributed by atoms with E-state index < -0.39 is 0 Å². The zero-order valence-corrected chi connectivity index (χ0v) is 9.84. The zero-order valence-electron chi connectivity index (χ0n) is 9.09. The van der Waals surface area contributed by atoms with Crippen molar-refractivity contribution in [3.8, 4) is 0 Å². The summed E-state index contributed by atoms with van der Waals surface area (Å²) in [6, 6.07) is 1.73. The van der Waals surface area contributed by atoms with Gasteiger partial charge in [0.15, 0.2) is 0 Å². The second kappa shape index (κ2) is 6.58. The van der Waals surface area contributed by atoms with Crippen LogP contribution in [0.15, 0.2) is 6.07 Å². The molecule has 0 aliphatic carbocycles. The van der Waals surface area contributed by atoms with E-state index in [1.807, 2.05) is 6.92 Å². The van der Waals surface area contributed by atoms with Gasteiger partial charge in [-0.2, -0.15) is 0 Å². The van der Waals surface area contributed by atoms with Gasteiger partial charge >= 0.3 is 0 Å². The molecule has 15 heavy (non-hydrogen) atoms. The number of nitrogens with one attached hydrogen (secondary N) is 1. The highest BCUT2D eigenvalue weighted by Gasteiger charge is 1.98. The molecule has 0 aliphatic heterocycles. The highest BCUT2D eigenvalue weighted by molar-refractivity contribution is 6.29. The van der Waals surface area contributed by atoms with E-state index in [-0.39, 0.29) is 0 Å². The fraction of sp³-hybridized carbons (Fsp3) is 0.600. The first-order valence-corrected chi connectivity index (χ1v) is 5.34. The summed E-state index contributed by atoms with van der Waals surface area (Å²) in [7, 11) is 1.71. The lowest BCUT2D eigenvalue weighted by Gasteiger charge is -2.06. The van der Waals surface area contributed by atoms with Gasteiger partial charge in [0, 0.05) is 26.3 Å². The number of methoxy groups -OCH3 is 1. The maximum absolute atomic E-state index is 5.80. The molecule has 1 heterocycles. The van der Waals surface area contributed by atoms with Crippen molar-refractivity contribution >= 4 is 17.4 Å². The van der Waals surface area contributed by atoms with Gasteiger partial charge in [-0.05, 0) is 19.8 Å². The van der Waals surface area contributed by atoms with Crippen molar-refractivity contribution in [2.45, 2.75) is 19.8 Å². The predicted octanol–water partition coefficient (Wildman–Crippen LogP) is 2.28. The molecule has 0 atom stereocenters. The molecule has 1 aromatic rings. The monoisotopic (exact) mass is 229 g/mol. The zero-order chi connectivity index (χ0) is 11.1. The lowest BCUT2D eigenvalue weighted by molar-refractivity contribution is 0.194. The van der Waals surface area contributed by atoms with Gasteiger partial charge < -0.3 is 10.1 Å². The number of hydrogen-bond donors (Lipinski definition) is 1. The number of aromatic nitrogens is 2. The van der Waals surface area contributed by atoms with Gasteiger partial charge in [0.05, 0.1) is 0 Å². The summed E-state index contributed by atoms with van der Waals surface area (Å²) in [6.45, 7) is 3.49. The molecule has 5 heteroatoms. The van der Waals surface area contributed by atoms with Crippen molar-refractivity contribution in [2.24, 2.45) is 0 Å². The summed E-state index contributed by atoms with van der Waals surface area (Å²) in [5, 5.41) is 3.67. The van der Waals surface area contributed by atoms with Crippen molar-refractivity contribution in [2.75, 3.05) is 25.6 Å². The number of unbranched alkanes of at least 4 members (excludes halogenated alkanes) is 1. The molecule has 0 saturated carbocycles. The Morgan fingerprint density at radius 1 is 1.40 bits per heavy atom. The fourth-order valence-corrected chi connectivity index (χ4v) is 1.44. The molecule has 0 bridgehead atoms. The van der Waals surface area contributed by atoms with E-state index in [4.69, 9.17) is 16.3 Å². The van der Waals surface area contributed by atoms with Crippen LogP contribution in [0.5, 0.6) is 0 Å². The van der Waals surface area contributed by atoms with Crippen molar-refractivity contribution in [3.63, 3.8) is 0 Å². The van der Waals surface area contributed by atoms with Gasteiger partial charge in [-0.15, -0.1) is 0 Å². The number of hydrogen-bond acceptors (Lipinski definition) is 4. The largest absolute Gasteiger partial charge is 0.385 e.